The van der Waals surface area contributed by atoms with E-state index >= 15 is 0 Å². The highest BCUT2D eigenvalue weighted by Crippen LogP contribution is 2.31. The summed E-state index contributed by atoms with van der Waals surface area (Å²) in [5.41, 5.74) is 1.95. The molecule has 2 aromatic rings. The average molecular weight is 403 g/mol. The summed E-state index contributed by atoms with van der Waals surface area (Å²) in [6.45, 7) is 10.5. The number of aryl methyl sites for hydroxylation is 2. The molecule has 0 N–H and O–H groups in total. The molecule has 0 saturated carbocycles. The number of halogens is 1. The zero-order valence-electron chi connectivity index (χ0n) is 13.3. The molecule has 2 rings (SSSR count). The van der Waals surface area contributed by atoms with E-state index in [0.29, 0.717) is 4.60 Å². The lowest BCUT2D eigenvalue weighted by Gasteiger charge is -2.17. The Labute approximate surface area is 146 Å². The number of hydrogen-bond acceptors (Lipinski definition) is 5. The quantitative estimate of drug-likeness (QED) is 0.573. The maximum atomic E-state index is 12.0. The van der Waals surface area contributed by atoms with Crippen molar-refractivity contribution in [2.75, 3.05) is 0 Å². The van der Waals surface area contributed by atoms with Crippen molar-refractivity contribution in [3.8, 4) is 10.7 Å². The van der Waals surface area contributed by atoms with Gasteiger partial charge in [0.1, 0.15) is 25.7 Å². The molecule has 0 aliphatic carbocycles. The van der Waals surface area contributed by atoms with Gasteiger partial charge in [0.05, 0.1) is 22.5 Å². The number of aromatic nitrogens is 3. The van der Waals surface area contributed by atoms with Gasteiger partial charge in [-0.05, 0) is 56.6 Å². The minimum atomic E-state index is -1.27. The van der Waals surface area contributed by atoms with Crippen LogP contribution in [0.2, 0.25) is 0 Å². The van der Waals surface area contributed by atoms with Gasteiger partial charge in [0, 0.05) is 6.54 Å². The first kappa shape index (κ1) is 17.7. The third-order valence-electron chi connectivity index (χ3n) is 2.82. The number of rotatable bonds is 4. The van der Waals surface area contributed by atoms with E-state index in [1.54, 1.807) is 6.21 Å². The number of thiazole rings is 1. The van der Waals surface area contributed by atoms with Gasteiger partial charge >= 0.3 is 0 Å². The van der Waals surface area contributed by atoms with Crippen molar-refractivity contribution in [1.29, 1.82) is 0 Å². The molecular formula is C14H19BrN4OS2. The first-order chi connectivity index (χ1) is 10.2. The summed E-state index contributed by atoms with van der Waals surface area (Å²) >= 11 is 3.68. The average Bonchev–Trinajstić information content (AvgIpc) is 2.97. The highest BCUT2D eigenvalue weighted by atomic mass is 79.9. The predicted molar refractivity (Wildman–Crippen MR) is 96.9 cm³/mol. The SMILES string of the molecule is CCn1nc(C)cc1-c1nc(Br)c(/C=N/[S+]([O-])C(C)(C)C)s1. The van der Waals surface area contributed by atoms with Crippen molar-refractivity contribution in [3.05, 3.63) is 21.2 Å². The third kappa shape index (κ3) is 3.98. The van der Waals surface area contributed by atoms with Crippen molar-refractivity contribution >= 4 is 44.8 Å². The molecule has 22 heavy (non-hydrogen) atoms. The van der Waals surface area contributed by atoms with Gasteiger partial charge in [-0.1, -0.05) is 4.40 Å². The summed E-state index contributed by atoms with van der Waals surface area (Å²) in [6.07, 6.45) is 1.63. The van der Waals surface area contributed by atoms with Crippen LogP contribution >= 0.6 is 27.3 Å². The zero-order chi connectivity index (χ0) is 16.5. The molecule has 0 amide bonds. The summed E-state index contributed by atoms with van der Waals surface area (Å²) in [6, 6.07) is 2.02. The molecule has 8 heteroatoms. The fourth-order valence-corrected chi connectivity index (χ4v) is 3.79. The Bertz CT molecular complexity index is 688. The molecular weight excluding hydrogens is 384 g/mol. The topological polar surface area (TPSA) is 66.1 Å². The molecule has 0 aromatic carbocycles. The Morgan fingerprint density at radius 2 is 2.18 bits per heavy atom. The third-order valence-corrected chi connectivity index (χ3v) is 6.04. The van der Waals surface area contributed by atoms with Crippen LogP contribution < -0.4 is 0 Å². The lowest BCUT2D eigenvalue weighted by Crippen LogP contribution is -2.25. The van der Waals surface area contributed by atoms with Crippen LogP contribution in [0.25, 0.3) is 10.7 Å². The van der Waals surface area contributed by atoms with Crippen LogP contribution in [-0.2, 0) is 17.9 Å². The summed E-state index contributed by atoms with van der Waals surface area (Å²) in [5.74, 6) is 0. The van der Waals surface area contributed by atoms with Gasteiger partial charge < -0.3 is 4.55 Å². The normalized spacial score (nSPS) is 14.0. The Morgan fingerprint density at radius 3 is 2.77 bits per heavy atom. The van der Waals surface area contributed by atoms with E-state index in [2.05, 4.69) is 30.4 Å². The molecule has 2 heterocycles. The van der Waals surface area contributed by atoms with E-state index in [-0.39, 0.29) is 4.75 Å². The van der Waals surface area contributed by atoms with Crippen LogP contribution in [0.15, 0.2) is 15.1 Å². The molecule has 0 aliphatic heterocycles. The van der Waals surface area contributed by atoms with E-state index in [0.717, 1.165) is 27.8 Å². The van der Waals surface area contributed by atoms with E-state index in [9.17, 15) is 4.55 Å². The van der Waals surface area contributed by atoms with Gasteiger partial charge in [-0.15, -0.1) is 11.3 Å². The monoisotopic (exact) mass is 402 g/mol. The van der Waals surface area contributed by atoms with E-state index in [1.165, 1.54) is 11.3 Å². The lowest BCUT2D eigenvalue weighted by molar-refractivity contribution is 0.562. The van der Waals surface area contributed by atoms with Crippen LogP contribution in [0, 0.1) is 6.92 Å². The highest BCUT2D eigenvalue weighted by molar-refractivity contribution is 9.10. The Balaban J connectivity index is 2.30. The van der Waals surface area contributed by atoms with Crippen LogP contribution in [0.3, 0.4) is 0 Å². The molecule has 5 nitrogen and oxygen atoms in total. The Kier molecular flexibility index (Phi) is 5.47. The lowest BCUT2D eigenvalue weighted by atomic mass is 10.3. The van der Waals surface area contributed by atoms with Gasteiger partial charge in [-0.3, -0.25) is 4.68 Å². The number of hydrogen-bond donors (Lipinski definition) is 0. The molecule has 120 valence electrons. The second kappa shape index (κ2) is 6.82. The van der Waals surface area contributed by atoms with E-state index < -0.39 is 11.4 Å². The van der Waals surface area contributed by atoms with Gasteiger partial charge in [0.15, 0.2) is 0 Å². The van der Waals surface area contributed by atoms with Crippen LogP contribution in [0.5, 0.6) is 0 Å². The van der Waals surface area contributed by atoms with E-state index in [1.807, 2.05) is 45.4 Å². The molecule has 0 saturated heterocycles. The molecule has 0 aliphatic rings. The van der Waals surface area contributed by atoms with Gasteiger partial charge in [0.2, 0.25) is 0 Å². The maximum absolute atomic E-state index is 12.0. The van der Waals surface area contributed by atoms with E-state index in [4.69, 9.17) is 0 Å². The maximum Gasteiger partial charge on any atom is 0.144 e. The largest absolute Gasteiger partial charge is 0.591 e. The van der Waals surface area contributed by atoms with Crippen LogP contribution in [0.4, 0.5) is 0 Å². The smallest absolute Gasteiger partial charge is 0.144 e. The van der Waals surface area contributed by atoms with Crippen molar-refractivity contribution in [2.45, 2.75) is 45.9 Å². The molecule has 1 atom stereocenters. The fraction of sp³-hybridized carbons (Fsp3) is 0.500. The van der Waals surface area contributed by atoms with Crippen molar-refractivity contribution in [3.63, 3.8) is 0 Å². The minimum absolute atomic E-state index is 0.367. The van der Waals surface area contributed by atoms with Crippen LogP contribution in [0.1, 0.15) is 38.3 Å². The first-order valence-corrected chi connectivity index (χ1v) is 9.61. The van der Waals surface area contributed by atoms with Gasteiger partial charge in [0.25, 0.3) is 0 Å². The van der Waals surface area contributed by atoms with Crippen molar-refractivity contribution in [2.24, 2.45) is 4.40 Å². The standard InChI is InChI=1S/C14H19BrN4OS2/c1-6-19-10(7-9(2)18-19)13-17-12(15)11(21-13)8-16-22(20)14(3,4)5/h7-8H,6H2,1-5H3/b16-8+. The molecule has 0 bridgehead atoms. The highest BCUT2D eigenvalue weighted by Gasteiger charge is 2.26. The van der Waals surface area contributed by atoms with Crippen LogP contribution in [-0.4, -0.2) is 30.3 Å². The van der Waals surface area contributed by atoms with Gasteiger partial charge in [-0.25, -0.2) is 4.98 Å². The first-order valence-electron chi connectivity index (χ1n) is 6.89. The molecule has 1 unspecified atom stereocenters. The second-order valence-corrected chi connectivity index (χ2v) is 9.47. The zero-order valence-corrected chi connectivity index (χ0v) is 16.5. The molecule has 0 spiro atoms. The Morgan fingerprint density at radius 1 is 1.50 bits per heavy atom. The van der Waals surface area contributed by atoms with Gasteiger partial charge in [-0.2, -0.15) is 5.10 Å². The Hall–Kier alpha value is -0.700. The summed E-state index contributed by atoms with van der Waals surface area (Å²) in [7, 11) is 0. The fourth-order valence-electron chi connectivity index (χ4n) is 1.72. The minimum Gasteiger partial charge on any atom is -0.591 e. The predicted octanol–water partition coefficient (Wildman–Crippen LogP) is 3.98. The van der Waals surface area contributed by atoms with Crippen molar-refractivity contribution < 1.29 is 4.55 Å². The summed E-state index contributed by atoms with van der Waals surface area (Å²) in [4.78, 5) is 5.38. The molecule has 0 radical (unpaired) electrons. The molecule has 2 aromatic heterocycles. The molecule has 0 fully saturated rings. The van der Waals surface area contributed by atoms with Crippen molar-refractivity contribution in [1.82, 2.24) is 14.8 Å². The second-order valence-electron chi connectivity index (χ2n) is 5.76. The number of nitrogens with zero attached hydrogens (tertiary/aromatic N) is 4. The summed E-state index contributed by atoms with van der Waals surface area (Å²) in [5, 5.41) is 5.31. The summed E-state index contributed by atoms with van der Waals surface area (Å²) < 4.78 is 18.4.